The zero-order valence-corrected chi connectivity index (χ0v) is 13.1. The van der Waals surface area contributed by atoms with Crippen LogP contribution >= 0.6 is 22.6 Å². The molecule has 112 valence electrons. The summed E-state index contributed by atoms with van der Waals surface area (Å²) in [5, 5.41) is 0. The van der Waals surface area contributed by atoms with Crippen LogP contribution < -0.4 is 10.3 Å². The molecule has 0 unspecified atom stereocenters. The molecule has 0 atom stereocenters. The van der Waals surface area contributed by atoms with Crippen molar-refractivity contribution < 1.29 is 18.3 Å². The number of methoxy groups -OCH3 is 1. The van der Waals surface area contributed by atoms with Gasteiger partial charge >= 0.3 is 6.61 Å². The van der Waals surface area contributed by atoms with Crippen LogP contribution in [0.5, 0.6) is 5.75 Å². The van der Waals surface area contributed by atoms with E-state index >= 15 is 0 Å². The number of hydrogen-bond donors (Lipinski definition) is 1. The molecule has 1 aromatic carbocycles. The molecular weight excluding hydrogens is 397 g/mol. The summed E-state index contributed by atoms with van der Waals surface area (Å²) in [5.74, 6) is 0.101. The molecule has 0 aliphatic carbocycles. The van der Waals surface area contributed by atoms with Crippen LogP contribution in [0, 0.1) is 3.57 Å². The molecule has 0 bridgehead atoms. The molecule has 0 radical (unpaired) electrons. The number of ether oxygens (including phenoxy) is 2. The van der Waals surface area contributed by atoms with E-state index in [1.165, 1.54) is 13.2 Å². The zero-order valence-electron chi connectivity index (χ0n) is 10.9. The minimum atomic E-state index is -2.96. The third-order valence-corrected chi connectivity index (χ3v) is 3.68. The second kappa shape index (κ2) is 6.94. The summed E-state index contributed by atoms with van der Waals surface area (Å²) in [6.45, 7) is -2.81. The van der Waals surface area contributed by atoms with E-state index < -0.39 is 6.61 Å². The number of benzene rings is 1. The maximum absolute atomic E-state index is 12.4. The lowest BCUT2D eigenvalue weighted by Crippen LogP contribution is -2.17. The van der Waals surface area contributed by atoms with Crippen LogP contribution in [0.4, 0.5) is 8.78 Å². The van der Waals surface area contributed by atoms with Crippen LogP contribution in [0.2, 0.25) is 0 Å². The van der Waals surface area contributed by atoms with Crippen molar-refractivity contribution in [3.63, 3.8) is 0 Å². The smallest absolute Gasteiger partial charge is 0.387 e. The van der Waals surface area contributed by atoms with Gasteiger partial charge < -0.3 is 14.5 Å². The summed E-state index contributed by atoms with van der Waals surface area (Å²) in [7, 11) is 1.48. The number of hydrogen-bond acceptors (Lipinski definition) is 4. The summed E-state index contributed by atoms with van der Waals surface area (Å²) in [5.41, 5.74) is 0.354. The van der Waals surface area contributed by atoms with Gasteiger partial charge in [-0.3, -0.25) is 4.79 Å². The summed E-state index contributed by atoms with van der Waals surface area (Å²) in [6, 6.07) is 6.12. The normalized spacial score (nSPS) is 10.9. The number of rotatable bonds is 5. The quantitative estimate of drug-likeness (QED) is 0.774. The number of nitrogens with zero attached hydrogens (tertiary/aromatic N) is 1. The standard InChI is InChI=1S/C13H11F2IN2O3/c1-20-6-8-10(16)12(19)18-11(17-8)7-4-2-3-5-9(7)21-13(14)15/h2-5,13H,6H2,1H3,(H,17,18,19). The van der Waals surface area contributed by atoms with E-state index in [0.717, 1.165) is 0 Å². The van der Waals surface area contributed by atoms with Crippen molar-refractivity contribution in [3.8, 4) is 17.1 Å². The van der Waals surface area contributed by atoms with E-state index in [4.69, 9.17) is 4.74 Å². The minimum Gasteiger partial charge on any atom is -0.434 e. The first kappa shape index (κ1) is 15.8. The van der Waals surface area contributed by atoms with Gasteiger partial charge in [0.2, 0.25) is 0 Å². The van der Waals surface area contributed by atoms with Gasteiger partial charge in [0, 0.05) is 7.11 Å². The van der Waals surface area contributed by atoms with Gasteiger partial charge in [0.25, 0.3) is 5.56 Å². The Morgan fingerprint density at radius 1 is 1.38 bits per heavy atom. The summed E-state index contributed by atoms with van der Waals surface area (Å²) >= 11 is 1.86. The Morgan fingerprint density at radius 3 is 2.76 bits per heavy atom. The van der Waals surface area contributed by atoms with E-state index in [-0.39, 0.29) is 29.3 Å². The van der Waals surface area contributed by atoms with Crippen molar-refractivity contribution >= 4 is 22.6 Å². The molecule has 0 saturated heterocycles. The van der Waals surface area contributed by atoms with Crippen molar-refractivity contribution in [1.82, 2.24) is 9.97 Å². The summed E-state index contributed by atoms with van der Waals surface area (Å²) in [6.07, 6.45) is 0. The number of para-hydroxylation sites is 1. The molecule has 0 amide bonds. The monoisotopic (exact) mass is 408 g/mol. The topological polar surface area (TPSA) is 64.2 Å². The highest BCUT2D eigenvalue weighted by molar-refractivity contribution is 14.1. The second-order valence-electron chi connectivity index (χ2n) is 3.98. The van der Waals surface area contributed by atoms with Gasteiger partial charge in [-0.15, -0.1) is 0 Å². The van der Waals surface area contributed by atoms with Crippen LogP contribution in [-0.2, 0) is 11.3 Å². The van der Waals surface area contributed by atoms with E-state index in [9.17, 15) is 13.6 Å². The number of alkyl halides is 2. The van der Waals surface area contributed by atoms with Gasteiger partial charge in [-0.2, -0.15) is 8.78 Å². The van der Waals surface area contributed by atoms with Gasteiger partial charge in [-0.05, 0) is 34.7 Å². The van der Waals surface area contributed by atoms with Crippen molar-refractivity contribution in [2.45, 2.75) is 13.2 Å². The molecule has 1 N–H and O–H groups in total. The Hall–Kier alpha value is -1.55. The minimum absolute atomic E-state index is 0.0553. The van der Waals surface area contributed by atoms with Crippen molar-refractivity contribution in [1.29, 1.82) is 0 Å². The van der Waals surface area contributed by atoms with Crippen LogP contribution in [0.3, 0.4) is 0 Å². The predicted octanol–water partition coefficient (Wildman–Crippen LogP) is 2.79. The lowest BCUT2D eigenvalue weighted by molar-refractivity contribution is -0.0494. The van der Waals surface area contributed by atoms with E-state index in [1.807, 2.05) is 22.6 Å². The van der Waals surface area contributed by atoms with Crippen LogP contribution in [0.15, 0.2) is 29.1 Å². The van der Waals surface area contributed by atoms with E-state index in [0.29, 0.717) is 9.26 Å². The molecule has 0 saturated carbocycles. The highest BCUT2D eigenvalue weighted by Gasteiger charge is 2.15. The molecule has 2 rings (SSSR count). The first-order valence-corrected chi connectivity index (χ1v) is 6.92. The third-order valence-electron chi connectivity index (χ3n) is 2.57. The third kappa shape index (κ3) is 3.76. The molecule has 5 nitrogen and oxygen atoms in total. The molecule has 2 aromatic rings. The van der Waals surface area contributed by atoms with Crippen molar-refractivity contribution in [2.24, 2.45) is 0 Å². The maximum Gasteiger partial charge on any atom is 0.387 e. The largest absolute Gasteiger partial charge is 0.434 e. The molecule has 8 heteroatoms. The van der Waals surface area contributed by atoms with Crippen LogP contribution in [0.1, 0.15) is 5.69 Å². The first-order chi connectivity index (χ1) is 10.0. The number of aromatic nitrogens is 2. The molecule has 21 heavy (non-hydrogen) atoms. The fourth-order valence-electron chi connectivity index (χ4n) is 1.73. The molecule has 0 spiro atoms. The molecule has 0 aliphatic rings. The highest BCUT2D eigenvalue weighted by atomic mass is 127. The molecule has 1 aromatic heterocycles. The summed E-state index contributed by atoms with van der Waals surface area (Å²) in [4.78, 5) is 18.7. The Morgan fingerprint density at radius 2 is 2.10 bits per heavy atom. The lowest BCUT2D eigenvalue weighted by Gasteiger charge is -2.11. The average molecular weight is 408 g/mol. The summed E-state index contributed by atoms with van der Waals surface area (Å²) < 4.78 is 34.7. The lowest BCUT2D eigenvalue weighted by atomic mass is 10.2. The fraction of sp³-hybridized carbons (Fsp3) is 0.231. The van der Waals surface area contributed by atoms with Gasteiger partial charge in [-0.25, -0.2) is 4.98 Å². The Kier molecular flexibility index (Phi) is 5.23. The first-order valence-electron chi connectivity index (χ1n) is 5.84. The average Bonchev–Trinajstić information content (AvgIpc) is 2.44. The molecule has 0 fully saturated rings. The SMILES string of the molecule is COCc1nc(-c2ccccc2OC(F)F)[nH]c(=O)c1I. The number of H-pyrrole nitrogens is 1. The number of aromatic amines is 1. The Labute approximate surface area is 132 Å². The van der Waals surface area contributed by atoms with E-state index in [1.54, 1.807) is 18.2 Å². The molecule has 0 aliphatic heterocycles. The number of nitrogens with one attached hydrogen (secondary N) is 1. The van der Waals surface area contributed by atoms with Gasteiger partial charge in [0.05, 0.1) is 17.9 Å². The Balaban J connectivity index is 2.54. The maximum atomic E-state index is 12.4. The van der Waals surface area contributed by atoms with Crippen LogP contribution in [0.25, 0.3) is 11.4 Å². The van der Waals surface area contributed by atoms with Crippen molar-refractivity contribution in [3.05, 3.63) is 43.9 Å². The van der Waals surface area contributed by atoms with Crippen LogP contribution in [-0.4, -0.2) is 23.7 Å². The van der Waals surface area contributed by atoms with E-state index in [2.05, 4.69) is 14.7 Å². The Bertz CT molecular complexity index is 691. The van der Waals surface area contributed by atoms with Crippen molar-refractivity contribution in [2.75, 3.05) is 7.11 Å². The predicted molar refractivity (Wildman–Crippen MR) is 80.4 cm³/mol. The fourth-order valence-corrected chi connectivity index (χ4v) is 2.14. The van der Waals surface area contributed by atoms with Gasteiger partial charge in [0.15, 0.2) is 0 Å². The molecular formula is C13H11F2IN2O3. The zero-order chi connectivity index (χ0) is 15.4. The molecule has 1 heterocycles. The van der Waals surface area contributed by atoms with Gasteiger partial charge in [-0.1, -0.05) is 12.1 Å². The number of halogens is 3. The second-order valence-corrected chi connectivity index (χ2v) is 5.06. The van der Waals surface area contributed by atoms with Gasteiger partial charge in [0.1, 0.15) is 15.1 Å². The highest BCUT2D eigenvalue weighted by Crippen LogP contribution is 2.28.